The predicted molar refractivity (Wildman–Crippen MR) is 83.9 cm³/mol. The molecule has 0 unspecified atom stereocenters. The molecule has 22 heavy (non-hydrogen) atoms. The molecule has 120 valence electrons. The fraction of sp³-hybridized carbons (Fsp3) is 0.333. The molecule has 0 spiro atoms. The molecule has 0 aliphatic carbocycles. The normalized spacial score (nSPS) is 11.4. The second kappa shape index (κ2) is 6.85. The fourth-order valence-electron chi connectivity index (χ4n) is 2.11. The standard InChI is InChI=1S/C15H20N2O4S/c1-17-9-7-12(11-17)6-8-16-22(18,19)13-4-5-14(20-2)15(10-13)21-3/h4-5,7,9-11,16H,6,8H2,1-3H3. The van der Waals surface area contributed by atoms with Crippen molar-refractivity contribution in [3.63, 3.8) is 0 Å². The third kappa shape index (κ3) is 3.80. The van der Waals surface area contributed by atoms with Gasteiger partial charge in [0.15, 0.2) is 11.5 Å². The Balaban J connectivity index is 2.06. The molecule has 1 aromatic carbocycles. The fourth-order valence-corrected chi connectivity index (χ4v) is 3.15. The zero-order chi connectivity index (χ0) is 16.2. The van der Waals surface area contributed by atoms with Crippen molar-refractivity contribution in [3.8, 4) is 11.5 Å². The average molecular weight is 324 g/mol. The van der Waals surface area contributed by atoms with Crippen molar-refractivity contribution in [1.29, 1.82) is 0 Å². The summed E-state index contributed by atoms with van der Waals surface area (Å²) in [5.74, 6) is 0.874. The molecule has 0 saturated carbocycles. The quantitative estimate of drug-likeness (QED) is 0.839. The number of benzene rings is 1. The van der Waals surface area contributed by atoms with Crippen molar-refractivity contribution in [1.82, 2.24) is 9.29 Å². The van der Waals surface area contributed by atoms with Crippen molar-refractivity contribution in [3.05, 3.63) is 42.2 Å². The molecule has 0 aliphatic heterocycles. The maximum atomic E-state index is 12.3. The lowest BCUT2D eigenvalue weighted by Crippen LogP contribution is -2.26. The van der Waals surface area contributed by atoms with Crippen LogP contribution < -0.4 is 14.2 Å². The zero-order valence-corrected chi connectivity index (χ0v) is 13.7. The van der Waals surface area contributed by atoms with Crippen LogP contribution in [0.2, 0.25) is 0 Å². The third-order valence-corrected chi connectivity index (χ3v) is 4.72. The lowest BCUT2D eigenvalue weighted by molar-refractivity contribution is 0.354. The number of aromatic nitrogens is 1. The largest absolute Gasteiger partial charge is 0.493 e. The number of aryl methyl sites for hydroxylation is 1. The molecule has 1 heterocycles. The average Bonchev–Trinajstić information content (AvgIpc) is 2.91. The molecule has 2 rings (SSSR count). The number of methoxy groups -OCH3 is 2. The number of nitrogens with one attached hydrogen (secondary N) is 1. The second-order valence-electron chi connectivity index (χ2n) is 4.85. The van der Waals surface area contributed by atoms with E-state index < -0.39 is 10.0 Å². The van der Waals surface area contributed by atoms with Gasteiger partial charge >= 0.3 is 0 Å². The molecule has 0 aliphatic rings. The van der Waals surface area contributed by atoms with Crippen LogP contribution in [0.25, 0.3) is 0 Å². The summed E-state index contributed by atoms with van der Waals surface area (Å²) < 4.78 is 39.3. The van der Waals surface area contributed by atoms with Gasteiger partial charge < -0.3 is 14.0 Å². The number of nitrogens with zero attached hydrogens (tertiary/aromatic N) is 1. The van der Waals surface area contributed by atoms with E-state index in [0.717, 1.165) is 5.56 Å². The number of hydrogen-bond acceptors (Lipinski definition) is 4. The Morgan fingerprint density at radius 1 is 1.14 bits per heavy atom. The first-order chi connectivity index (χ1) is 10.5. The van der Waals surface area contributed by atoms with Crippen LogP contribution in [0.5, 0.6) is 11.5 Å². The molecular formula is C15H20N2O4S. The Morgan fingerprint density at radius 3 is 2.45 bits per heavy atom. The van der Waals surface area contributed by atoms with Crippen LogP contribution in [0.3, 0.4) is 0 Å². The summed E-state index contributed by atoms with van der Waals surface area (Å²) in [4.78, 5) is 0.151. The summed E-state index contributed by atoms with van der Waals surface area (Å²) in [6.07, 6.45) is 4.52. The van der Waals surface area contributed by atoms with Gasteiger partial charge in [0.25, 0.3) is 0 Å². The second-order valence-corrected chi connectivity index (χ2v) is 6.62. The van der Waals surface area contributed by atoms with Gasteiger partial charge in [-0.15, -0.1) is 0 Å². The maximum Gasteiger partial charge on any atom is 0.240 e. The molecule has 0 amide bonds. The van der Waals surface area contributed by atoms with E-state index in [-0.39, 0.29) is 4.90 Å². The number of rotatable bonds is 7. The first-order valence-electron chi connectivity index (χ1n) is 6.79. The van der Waals surface area contributed by atoms with E-state index >= 15 is 0 Å². The topological polar surface area (TPSA) is 69.6 Å². The summed E-state index contributed by atoms with van der Waals surface area (Å²) in [6, 6.07) is 6.48. The van der Waals surface area contributed by atoms with E-state index in [0.29, 0.717) is 24.5 Å². The summed E-state index contributed by atoms with van der Waals surface area (Å²) in [6.45, 7) is 0.334. The molecule has 2 aromatic rings. The molecule has 6 nitrogen and oxygen atoms in total. The minimum absolute atomic E-state index is 0.151. The molecule has 0 radical (unpaired) electrons. The van der Waals surface area contributed by atoms with Gasteiger partial charge in [0.05, 0.1) is 19.1 Å². The van der Waals surface area contributed by atoms with Crippen LogP contribution in [0.15, 0.2) is 41.6 Å². The van der Waals surface area contributed by atoms with E-state index in [9.17, 15) is 8.42 Å². The van der Waals surface area contributed by atoms with E-state index in [1.165, 1.54) is 26.4 Å². The van der Waals surface area contributed by atoms with Crippen molar-refractivity contribution in [2.75, 3.05) is 20.8 Å². The first-order valence-corrected chi connectivity index (χ1v) is 8.27. The van der Waals surface area contributed by atoms with Gasteiger partial charge in [0.1, 0.15) is 0 Å². The monoisotopic (exact) mass is 324 g/mol. The third-order valence-electron chi connectivity index (χ3n) is 3.26. The smallest absolute Gasteiger partial charge is 0.240 e. The lowest BCUT2D eigenvalue weighted by Gasteiger charge is -2.10. The van der Waals surface area contributed by atoms with Gasteiger partial charge in [0.2, 0.25) is 10.0 Å². The highest BCUT2D eigenvalue weighted by atomic mass is 32.2. The molecule has 7 heteroatoms. The molecule has 0 atom stereocenters. The lowest BCUT2D eigenvalue weighted by atomic mass is 10.2. The van der Waals surface area contributed by atoms with Crippen LogP contribution in [0, 0.1) is 0 Å². The Morgan fingerprint density at radius 2 is 1.86 bits per heavy atom. The molecule has 1 aromatic heterocycles. The van der Waals surface area contributed by atoms with Gasteiger partial charge in [-0.3, -0.25) is 0 Å². The summed E-state index contributed by atoms with van der Waals surface area (Å²) >= 11 is 0. The van der Waals surface area contributed by atoms with Crippen LogP contribution in [0.4, 0.5) is 0 Å². The molecule has 0 fully saturated rings. The minimum atomic E-state index is -3.57. The van der Waals surface area contributed by atoms with E-state index in [4.69, 9.17) is 9.47 Å². The van der Waals surface area contributed by atoms with Crippen molar-refractivity contribution in [2.24, 2.45) is 7.05 Å². The Kier molecular flexibility index (Phi) is 5.10. The number of sulfonamides is 1. The first kappa shape index (κ1) is 16.4. The molecule has 1 N–H and O–H groups in total. The number of hydrogen-bond donors (Lipinski definition) is 1. The molecule has 0 bridgehead atoms. The van der Waals surface area contributed by atoms with E-state index in [2.05, 4.69) is 4.72 Å². The molecule has 0 saturated heterocycles. The highest BCUT2D eigenvalue weighted by Gasteiger charge is 2.16. The predicted octanol–water partition coefficient (Wildman–Crippen LogP) is 1.56. The van der Waals surface area contributed by atoms with Gasteiger partial charge in [-0.05, 0) is 30.2 Å². The highest BCUT2D eigenvalue weighted by molar-refractivity contribution is 7.89. The van der Waals surface area contributed by atoms with Crippen LogP contribution in [-0.2, 0) is 23.5 Å². The van der Waals surface area contributed by atoms with Crippen molar-refractivity contribution >= 4 is 10.0 Å². The van der Waals surface area contributed by atoms with Crippen LogP contribution in [0.1, 0.15) is 5.56 Å². The Hall–Kier alpha value is -1.99. The maximum absolute atomic E-state index is 12.3. The van der Waals surface area contributed by atoms with Crippen LogP contribution >= 0.6 is 0 Å². The summed E-state index contributed by atoms with van der Waals surface area (Å²) in [5, 5.41) is 0. The van der Waals surface area contributed by atoms with Crippen molar-refractivity contribution in [2.45, 2.75) is 11.3 Å². The van der Waals surface area contributed by atoms with Crippen molar-refractivity contribution < 1.29 is 17.9 Å². The van der Waals surface area contributed by atoms with Gasteiger partial charge in [-0.25, -0.2) is 13.1 Å². The van der Waals surface area contributed by atoms with E-state index in [1.807, 2.05) is 30.1 Å². The molecular weight excluding hydrogens is 304 g/mol. The van der Waals surface area contributed by atoms with Gasteiger partial charge in [-0.1, -0.05) is 0 Å². The Labute approximate surface area is 130 Å². The summed E-state index contributed by atoms with van der Waals surface area (Å²) in [7, 11) is 1.33. The Bertz CT molecular complexity index is 738. The SMILES string of the molecule is COc1ccc(S(=O)(=O)NCCc2ccn(C)c2)cc1OC. The minimum Gasteiger partial charge on any atom is -0.493 e. The highest BCUT2D eigenvalue weighted by Crippen LogP contribution is 2.29. The van der Waals surface area contributed by atoms with E-state index in [1.54, 1.807) is 6.07 Å². The van der Waals surface area contributed by atoms with Gasteiger partial charge in [-0.2, -0.15) is 0 Å². The van der Waals surface area contributed by atoms with Crippen LogP contribution in [-0.4, -0.2) is 33.7 Å². The number of ether oxygens (including phenoxy) is 2. The zero-order valence-electron chi connectivity index (χ0n) is 12.9. The summed E-state index contributed by atoms with van der Waals surface area (Å²) in [5.41, 5.74) is 1.08. The van der Waals surface area contributed by atoms with Gasteiger partial charge in [0, 0.05) is 32.1 Å².